The van der Waals surface area contributed by atoms with Crippen molar-refractivity contribution >= 4 is 87.7 Å². The number of hydrogen-bond acceptors (Lipinski definition) is 0. The van der Waals surface area contributed by atoms with Gasteiger partial charge >= 0.3 is 0 Å². The molecule has 0 spiro atoms. The van der Waals surface area contributed by atoms with Crippen molar-refractivity contribution in [2.45, 2.75) is 6.92 Å². The number of rotatable bonds is 4. The molecule has 0 saturated carbocycles. The van der Waals surface area contributed by atoms with Gasteiger partial charge in [0.1, 0.15) is 0 Å². The summed E-state index contributed by atoms with van der Waals surface area (Å²) in [6.07, 6.45) is 0. The van der Waals surface area contributed by atoms with Crippen molar-refractivity contribution in [3.8, 4) is 33.6 Å². The Morgan fingerprint density at radius 3 is 1.07 bits per heavy atom. The molecule has 0 aliphatic carbocycles. The molecule has 2 nitrogen and oxygen atoms in total. The normalized spacial score (nSPS) is 11.9. The number of aromatic nitrogens is 2. The summed E-state index contributed by atoms with van der Waals surface area (Å²) in [6.45, 7) is 2.16. The van der Waals surface area contributed by atoms with Gasteiger partial charge in [-0.2, -0.15) is 0 Å². The first-order valence-electron chi connectivity index (χ1n) is 18.5. The molecule has 11 aromatic rings. The summed E-state index contributed by atoms with van der Waals surface area (Å²) in [4.78, 5) is 0. The lowest BCUT2D eigenvalue weighted by Crippen LogP contribution is -1.98. The highest BCUT2D eigenvalue weighted by atomic mass is 127. The molecule has 0 radical (unpaired) electrons. The SMILES string of the molecule is Cc1ccc(-c2c3ccc(-n4c5ccccc5c5ccccc54)cc3c(-c3ccc(I)cc3)c3ccc(-n4c5ccccc5c5ccccc54)cc23)cc1. The number of aryl methyl sites for hydroxylation is 1. The zero-order valence-corrected chi connectivity index (χ0v) is 31.8. The first kappa shape index (κ1) is 31.4. The summed E-state index contributed by atoms with van der Waals surface area (Å²) in [5.74, 6) is 0. The lowest BCUT2D eigenvalue weighted by Gasteiger charge is -2.20. The molecule has 54 heavy (non-hydrogen) atoms. The van der Waals surface area contributed by atoms with Crippen LogP contribution in [0.3, 0.4) is 0 Å². The molecule has 0 amide bonds. The van der Waals surface area contributed by atoms with Gasteiger partial charge in [0, 0.05) is 36.5 Å². The maximum atomic E-state index is 2.43. The molecule has 0 saturated heterocycles. The Kier molecular flexibility index (Phi) is 7.08. The molecule has 0 aliphatic rings. The fourth-order valence-electron chi connectivity index (χ4n) is 8.84. The summed E-state index contributed by atoms with van der Waals surface area (Å²) in [5, 5.41) is 10.0. The van der Waals surface area contributed by atoms with Gasteiger partial charge in [-0.05, 0) is 134 Å². The third-order valence-electron chi connectivity index (χ3n) is 11.2. The third kappa shape index (κ3) is 4.71. The Bertz CT molecular complexity index is 2940. The molecular formula is C51H33IN2. The highest BCUT2D eigenvalue weighted by molar-refractivity contribution is 14.1. The van der Waals surface area contributed by atoms with Crippen molar-refractivity contribution in [1.82, 2.24) is 9.13 Å². The maximum Gasteiger partial charge on any atom is 0.0541 e. The zero-order chi connectivity index (χ0) is 35.9. The Morgan fingerprint density at radius 1 is 0.333 bits per heavy atom. The van der Waals surface area contributed by atoms with E-state index in [2.05, 4.69) is 221 Å². The molecule has 0 unspecified atom stereocenters. The summed E-state index contributed by atoms with van der Waals surface area (Å²) < 4.78 is 6.09. The minimum absolute atomic E-state index is 1.16. The van der Waals surface area contributed by atoms with Gasteiger partial charge < -0.3 is 9.13 Å². The summed E-state index contributed by atoms with van der Waals surface area (Å²) in [7, 11) is 0. The number of halogens is 1. The molecule has 0 atom stereocenters. The molecule has 3 heteroatoms. The number of benzene rings is 9. The Balaban J connectivity index is 1.29. The Hall–Kier alpha value is -6.17. The molecule has 0 aliphatic heterocycles. The van der Waals surface area contributed by atoms with Crippen LogP contribution in [-0.2, 0) is 0 Å². The topological polar surface area (TPSA) is 9.86 Å². The molecule has 0 fully saturated rings. The quantitative estimate of drug-likeness (QED) is 0.124. The molecule has 11 rings (SSSR count). The number of fused-ring (bicyclic) bond motifs is 8. The monoisotopic (exact) mass is 800 g/mol. The van der Waals surface area contributed by atoms with Crippen LogP contribution in [0.4, 0.5) is 0 Å². The van der Waals surface area contributed by atoms with E-state index in [1.165, 1.54) is 96.5 Å². The molecule has 2 heterocycles. The van der Waals surface area contributed by atoms with Crippen LogP contribution in [0.1, 0.15) is 5.56 Å². The van der Waals surface area contributed by atoms with E-state index in [9.17, 15) is 0 Å². The van der Waals surface area contributed by atoms with Crippen LogP contribution in [-0.4, -0.2) is 9.13 Å². The minimum Gasteiger partial charge on any atom is -0.309 e. The predicted octanol–water partition coefficient (Wildman–Crippen LogP) is 14.4. The second kappa shape index (κ2) is 12.2. The Morgan fingerprint density at radius 2 is 0.685 bits per heavy atom. The van der Waals surface area contributed by atoms with E-state index in [4.69, 9.17) is 0 Å². The van der Waals surface area contributed by atoms with E-state index in [-0.39, 0.29) is 0 Å². The van der Waals surface area contributed by atoms with E-state index in [1.54, 1.807) is 0 Å². The van der Waals surface area contributed by atoms with Gasteiger partial charge in [0.15, 0.2) is 0 Å². The van der Waals surface area contributed by atoms with E-state index >= 15 is 0 Å². The van der Waals surface area contributed by atoms with Crippen LogP contribution < -0.4 is 0 Å². The average molecular weight is 801 g/mol. The van der Waals surface area contributed by atoms with Gasteiger partial charge in [-0.25, -0.2) is 0 Å². The van der Waals surface area contributed by atoms with Crippen LogP contribution in [0.15, 0.2) is 182 Å². The highest BCUT2D eigenvalue weighted by Gasteiger charge is 2.21. The fraction of sp³-hybridized carbons (Fsp3) is 0.0196. The van der Waals surface area contributed by atoms with Gasteiger partial charge in [0.2, 0.25) is 0 Å². The summed E-state index contributed by atoms with van der Waals surface area (Å²) in [6, 6.07) is 67.4. The average Bonchev–Trinajstić information content (AvgIpc) is 3.74. The smallest absolute Gasteiger partial charge is 0.0541 e. The van der Waals surface area contributed by atoms with E-state index in [0.29, 0.717) is 0 Å². The van der Waals surface area contributed by atoms with E-state index in [1.807, 2.05) is 0 Å². The first-order valence-corrected chi connectivity index (χ1v) is 19.5. The Labute approximate surface area is 326 Å². The fourth-order valence-corrected chi connectivity index (χ4v) is 9.20. The molecule has 254 valence electrons. The van der Waals surface area contributed by atoms with Crippen molar-refractivity contribution in [1.29, 1.82) is 0 Å². The summed E-state index contributed by atoms with van der Waals surface area (Å²) >= 11 is 2.41. The lowest BCUT2D eigenvalue weighted by molar-refractivity contribution is 1.18. The highest BCUT2D eigenvalue weighted by Crippen LogP contribution is 2.46. The third-order valence-corrected chi connectivity index (χ3v) is 12.0. The standard InChI is InChI=1S/C51H33IN2/c1-32-18-20-33(21-19-32)50-42-28-26-37(54-48-16-8-4-12-40(48)41-13-5-9-17-49(41)54)31-45(42)51(34-22-24-35(52)25-23-34)43-29-27-36(30-44(43)50)53-46-14-6-2-10-38(46)39-11-3-7-15-47(39)53/h2-31H,1H3. The van der Waals surface area contributed by atoms with Crippen molar-refractivity contribution in [2.75, 3.05) is 0 Å². The van der Waals surface area contributed by atoms with Gasteiger partial charge in [-0.1, -0.05) is 127 Å². The van der Waals surface area contributed by atoms with Crippen molar-refractivity contribution < 1.29 is 0 Å². The van der Waals surface area contributed by atoms with Crippen molar-refractivity contribution in [3.05, 3.63) is 191 Å². The zero-order valence-electron chi connectivity index (χ0n) is 29.6. The summed E-state index contributed by atoms with van der Waals surface area (Å²) in [5.41, 5.74) is 13.4. The predicted molar refractivity (Wildman–Crippen MR) is 238 cm³/mol. The molecule has 2 aromatic heterocycles. The van der Waals surface area contributed by atoms with Crippen LogP contribution in [0.5, 0.6) is 0 Å². The van der Waals surface area contributed by atoms with Crippen molar-refractivity contribution in [2.24, 2.45) is 0 Å². The van der Waals surface area contributed by atoms with Crippen LogP contribution in [0.25, 0.3) is 98.8 Å². The second-order valence-corrected chi connectivity index (χ2v) is 15.6. The molecule has 0 bridgehead atoms. The molecule has 0 N–H and O–H groups in total. The molecule has 9 aromatic carbocycles. The van der Waals surface area contributed by atoms with Crippen LogP contribution in [0.2, 0.25) is 0 Å². The number of hydrogen-bond donors (Lipinski definition) is 0. The van der Waals surface area contributed by atoms with Gasteiger partial charge in [0.25, 0.3) is 0 Å². The molecular weight excluding hydrogens is 767 g/mol. The van der Waals surface area contributed by atoms with E-state index in [0.717, 1.165) is 11.4 Å². The maximum absolute atomic E-state index is 2.43. The lowest BCUT2D eigenvalue weighted by atomic mass is 9.85. The number of para-hydroxylation sites is 4. The second-order valence-electron chi connectivity index (χ2n) is 14.3. The van der Waals surface area contributed by atoms with E-state index < -0.39 is 0 Å². The van der Waals surface area contributed by atoms with Gasteiger partial charge in [0.05, 0.1) is 22.1 Å². The van der Waals surface area contributed by atoms with Gasteiger partial charge in [-0.3, -0.25) is 0 Å². The minimum atomic E-state index is 1.16. The van der Waals surface area contributed by atoms with Crippen LogP contribution in [0, 0.1) is 10.5 Å². The van der Waals surface area contributed by atoms with Crippen molar-refractivity contribution in [3.63, 3.8) is 0 Å². The number of nitrogens with zero attached hydrogens (tertiary/aromatic N) is 2. The van der Waals surface area contributed by atoms with Gasteiger partial charge in [-0.15, -0.1) is 0 Å². The first-order chi connectivity index (χ1) is 26.6. The van der Waals surface area contributed by atoms with Crippen LogP contribution >= 0.6 is 22.6 Å². The largest absolute Gasteiger partial charge is 0.309 e.